The van der Waals surface area contributed by atoms with Crippen molar-refractivity contribution in [3.05, 3.63) is 70.6 Å². The van der Waals surface area contributed by atoms with Crippen molar-refractivity contribution >= 4 is 11.7 Å². The molecule has 0 bridgehead atoms. The molecule has 1 aliphatic rings. The average Bonchev–Trinajstić information content (AvgIpc) is 3.04. The van der Waals surface area contributed by atoms with E-state index in [1.165, 1.54) is 5.01 Å². The second kappa shape index (κ2) is 8.26. The summed E-state index contributed by atoms with van der Waals surface area (Å²) in [4.78, 5) is 12.5. The Labute approximate surface area is 181 Å². The van der Waals surface area contributed by atoms with Gasteiger partial charge >= 0.3 is 6.03 Å². The standard InChI is InChI=1S/C24H26N4O3/c1-14-12-19-10-11-20(30-5)13-21(19)23(26-28(14)24(29)25-4)18-8-6-17(7-9-18)22-15(2)27-31-16(22)3/h6-11,13-14H,12H2,1-5H3,(H,25,29). The number of amides is 2. The lowest BCUT2D eigenvalue weighted by molar-refractivity contribution is 0.184. The first-order valence-electron chi connectivity index (χ1n) is 10.2. The molecule has 0 aliphatic carbocycles. The van der Waals surface area contributed by atoms with Gasteiger partial charge in [0.25, 0.3) is 0 Å². The summed E-state index contributed by atoms with van der Waals surface area (Å²) in [5, 5.41) is 13.1. The topological polar surface area (TPSA) is 80.0 Å². The van der Waals surface area contributed by atoms with Crippen molar-refractivity contribution in [3.8, 4) is 16.9 Å². The van der Waals surface area contributed by atoms with Crippen molar-refractivity contribution in [3.63, 3.8) is 0 Å². The maximum atomic E-state index is 12.5. The summed E-state index contributed by atoms with van der Waals surface area (Å²) in [5.41, 5.74) is 6.59. The van der Waals surface area contributed by atoms with Crippen LogP contribution in [0.1, 0.15) is 35.1 Å². The lowest BCUT2D eigenvalue weighted by Crippen LogP contribution is -2.41. The van der Waals surface area contributed by atoms with E-state index in [1.54, 1.807) is 14.2 Å². The molecule has 0 saturated heterocycles. The highest BCUT2D eigenvalue weighted by Crippen LogP contribution is 2.30. The summed E-state index contributed by atoms with van der Waals surface area (Å²) in [6.07, 6.45) is 0.691. The number of nitrogens with zero attached hydrogens (tertiary/aromatic N) is 3. The van der Waals surface area contributed by atoms with Gasteiger partial charge in [-0.3, -0.25) is 0 Å². The summed E-state index contributed by atoms with van der Waals surface area (Å²) in [5.74, 6) is 1.53. The van der Waals surface area contributed by atoms with E-state index in [0.717, 1.165) is 50.7 Å². The fourth-order valence-corrected chi connectivity index (χ4v) is 4.01. The number of hydrazone groups is 1. The van der Waals surface area contributed by atoms with Crippen molar-refractivity contribution in [1.29, 1.82) is 0 Å². The number of methoxy groups -OCH3 is 1. The van der Waals surface area contributed by atoms with Gasteiger partial charge in [0.2, 0.25) is 0 Å². The van der Waals surface area contributed by atoms with E-state index in [1.807, 2.05) is 63.2 Å². The second-order valence-electron chi connectivity index (χ2n) is 7.70. The quantitative estimate of drug-likeness (QED) is 0.688. The van der Waals surface area contributed by atoms with Crippen LogP contribution >= 0.6 is 0 Å². The lowest BCUT2D eigenvalue weighted by atomic mass is 9.93. The fraction of sp³-hybridized carbons (Fsp3) is 0.292. The molecule has 1 atom stereocenters. The van der Waals surface area contributed by atoms with Crippen LogP contribution in [0.3, 0.4) is 0 Å². The van der Waals surface area contributed by atoms with Crippen molar-refractivity contribution in [2.24, 2.45) is 5.10 Å². The Morgan fingerprint density at radius 3 is 2.48 bits per heavy atom. The van der Waals surface area contributed by atoms with Gasteiger partial charge in [-0.1, -0.05) is 35.5 Å². The van der Waals surface area contributed by atoms with E-state index >= 15 is 0 Å². The number of urea groups is 1. The van der Waals surface area contributed by atoms with Gasteiger partial charge in [-0.15, -0.1) is 0 Å². The summed E-state index contributed by atoms with van der Waals surface area (Å²) in [6, 6.07) is 13.7. The maximum absolute atomic E-state index is 12.5. The highest BCUT2D eigenvalue weighted by Gasteiger charge is 2.27. The first-order chi connectivity index (χ1) is 14.9. The monoisotopic (exact) mass is 418 g/mol. The van der Waals surface area contributed by atoms with Gasteiger partial charge in [-0.2, -0.15) is 5.10 Å². The Balaban J connectivity index is 1.84. The van der Waals surface area contributed by atoms with Gasteiger partial charge in [0.15, 0.2) is 0 Å². The molecule has 1 aromatic heterocycles. The highest BCUT2D eigenvalue weighted by atomic mass is 16.5. The molecule has 4 rings (SSSR count). The summed E-state index contributed by atoms with van der Waals surface area (Å²) < 4.78 is 10.8. The Hall–Kier alpha value is -3.61. The summed E-state index contributed by atoms with van der Waals surface area (Å²) in [7, 11) is 3.26. The molecule has 31 heavy (non-hydrogen) atoms. The molecule has 2 amide bonds. The minimum absolute atomic E-state index is 0.0915. The summed E-state index contributed by atoms with van der Waals surface area (Å²) in [6.45, 7) is 5.83. The minimum atomic E-state index is -0.239. The molecule has 2 heterocycles. The number of carbonyl (C=O) groups is 1. The second-order valence-corrected chi connectivity index (χ2v) is 7.70. The number of ether oxygens (including phenoxy) is 1. The molecule has 160 valence electrons. The lowest BCUT2D eigenvalue weighted by Gasteiger charge is -2.22. The van der Waals surface area contributed by atoms with Crippen LogP contribution in [0.25, 0.3) is 11.1 Å². The van der Waals surface area contributed by atoms with Crippen molar-refractivity contribution in [2.45, 2.75) is 33.2 Å². The van der Waals surface area contributed by atoms with Crippen molar-refractivity contribution < 1.29 is 14.1 Å². The molecule has 0 radical (unpaired) electrons. The number of aryl methyl sites for hydroxylation is 2. The molecule has 7 heteroatoms. The molecule has 0 saturated carbocycles. The van der Waals surface area contributed by atoms with E-state index in [4.69, 9.17) is 14.4 Å². The number of fused-ring (bicyclic) bond motifs is 1. The minimum Gasteiger partial charge on any atom is -0.497 e. The summed E-state index contributed by atoms with van der Waals surface area (Å²) >= 11 is 0. The largest absolute Gasteiger partial charge is 0.497 e. The number of rotatable bonds is 3. The zero-order valence-electron chi connectivity index (χ0n) is 18.4. The molecule has 3 aromatic rings. The zero-order chi connectivity index (χ0) is 22.1. The fourth-order valence-electron chi connectivity index (χ4n) is 4.01. The molecule has 1 N–H and O–H groups in total. The number of carbonyl (C=O) groups excluding carboxylic acids is 1. The maximum Gasteiger partial charge on any atom is 0.337 e. The third kappa shape index (κ3) is 3.79. The smallest absolute Gasteiger partial charge is 0.337 e. The predicted octanol–water partition coefficient (Wildman–Crippen LogP) is 4.31. The molecular formula is C24H26N4O3. The molecule has 0 fully saturated rings. The first-order valence-corrected chi connectivity index (χ1v) is 10.2. The van der Waals surface area contributed by atoms with Crippen LogP contribution in [-0.4, -0.2) is 42.1 Å². The molecular weight excluding hydrogens is 392 g/mol. The molecule has 7 nitrogen and oxygen atoms in total. The number of hydrogen-bond acceptors (Lipinski definition) is 5. The number of benzene rings is 2. The Bertz CT molecular complexity index is 1130. The zero-order valence-corrected chi connectivity index (χ0v) is 18.4. The van der Waals surface area contributed by atoms with E-state index in [-0.39, 0.29) is 12.1 Å². The predicted molar refractivity (Wildman–Crippen MR) is 120 cm³/mol. The Kier molecular flexibility index (Phi) is 5.50. The van der Waals surface area contributed by atoms with Crippen LogP contribution in [0, 0.1) is 13.8 Å². The average molecular weight is 418 g/mol. The first kappa shape index (κ1) is 20.7. The molecule has 1 aliphatic heterocycles. The van der Waals surface area contributed by atoms with Crippen LogP contribution in [0.5, 0.6) is 5.75 Å². The molecule has 0 spiro atoms. The van der Waals surface area contributed by atoms with Gasteiger partial charge in [0, 0.05) is 23.7 Å². The third-order valence-corrected chi connectivity index (χ3v) is 5.62. The van der Waals surface area contributed by atoms with Gasteiger partial charge in [0.1, 0.15) is 11.5 Å². The van der Waals surface area contributed by atoms with Gasteiger partial charge < -0.3 is 14.6 Å². The van der Waals surface area contributed by atoms with Crippen molar-refractivity contribution in [2.75, 3.05) is 14.2 Å². The van der Waals surface area contributed by atoms with Crippen molar-refractivity contribution in [1.82, 2.24) is 15.5 Å². The normalized spacial score (nSPS) is 15.7. The molecule has 1 unspecified atom stereocenters. The van der Waals surface area contributed by atoms with Crippen LogP contribution < -0.4 is 10.1 Å². The van der Waals surface area contributed by atoms with E-state index in [9.17, 15) is 4.79 Å². The van der Waals surface area contributed by atoms with Gasteiger partial charge in [-0.25, -0.2) is 9.80 Å². The number of nitrogens with one attached hydrogen (secondary N) is 1. The Morgan fingerprint density at radius 2 is 1.87 bits per heavy atom. The third-order valence-electron chi connectivity index (χ3n) is 5.62. The number of hydrogen-bond donors (Lipinski definition) is 1. The number of aromatic nitrogens is 1. The SMILES string of the molecule is CNC(=O)N1N=C(c2ccc(-c3c(C)noc3C)cc2)c2cc(OC)ccc2CC1C. The van der Waals surface area contributed by atoms with E-state index in [2.05, 4.69) is 10.5 Å². The van der Waals surface area contributed by atoms with Gasteiger partial charge in [0.05, 0.1) is 24.6 Å². The van der Waals surface area contributed by atoms with Crippen LogP contribution in [0.2, 0.25) is 0 Å². The van der Waals surface area contributed by atoms with Crippen LogP contribution in [-0.2, 0) is 6.42 Å². The van der Waals surface area contributed by atoms with Crippen LogP contribution in [0.4, 0.5) is 4.79 Å². The Morgan fingerprint density at radius 1 is 1.16 bits per heavy atom. The van der Waals surface area contributed by atoms with E-state index in [0.29, 0.717) is 6.42 Å². The van der Waals surface area contributed by atoms with Gasteiger partial charge in [-0.05, 0) is 50.5 Å². The highest BCUT2D eigenvalue weighted by molar-refractivity contribution is 6.14. The van der Waals surface area contributed by atoms with Crippen LogP contribution in [0.15, 0.2) is 52.1 Å². The van der Waals surface area contributed by atoms with E-state index < -0.39 is 0 Å². The molecule has 2 aromatic carbocycles.